The van der Waals surface area contributed by atoms with Gasteiger partial charge in [-0.3, -0.25) is 4.79 Å². The Hall–Kier alpha value is -2.59. The number of nitrogens with zero attached hydrogens (tertiary/aromatic N) is 1. The highest BCUT2D eigenvalue weighted by molar-refractivity contribution is 6.30. The number of hydrogen-bond donors (Lipinski definition) is 0. The van der Waals surface area contributed by atoms with Gasteiger partial charge >= 0.3 is 5.97 Å². The van der Waals surface area contributed by atoms with Gasteiger partial charge in [-0.1, -0.05) is 54.1 Å². The molecule has 1 atom stereocenters. The second-order valence-electron chi connectivity index (χ2n) is 5.58. The van der Waals surface area contributed by atoms with Crippen LogP contribution in [-0.2, 0) is 14.3 Å². The molecule has 1 amide bonds. The van der Waals surface area contributed by atoms with Gasteiger partial charge in [0, 0.05) is 18.1 Å². The summed E-state index contributed by atoms with van der Waals surface area (Å²) in [5.74, 6) is -0.825. The first-order chi connectivity index (χ1) is 12.0. The second-order valence-corrected chi connectivity index (χ2v) is 6.02. The van der Waals surface area contributed by atoms with E-state index in [1.165, 1.54) is 6.08 Å². The van der Waals surface area contributed by atoms with Crippen LogP contribution in [0.15, 0.2) is 60.7 Å². The Bertz CT molecular complexity index is 741. The van der Waals surface area contributed by atoms with Crippen LogP contribution in [0.2, 0.25) is 5.02 Å². The molecule has 130 valence electrons. The van der Waals surface area contributed by atoms with Gasteiger partial charge in [0.1, 0.15) is 0 Å². The molecule has 0 fully saturated rings. The molecule has 0 radical (unpaired) electrons. The van der Waals surface area contributed by atoms with Crippen molar-refractivity contribution in [1.29, 1.82) is 0 Å². The first-order valence-electron chi connectivity index (χ1n) is 7.88. The van der Waals surface area contributed by atoms with E-state index in [1.807, 2.05) is 37.3 Å². The lowest BCUT2D eigenvalue weighted by atomic mass is 10.1. The molecule has 25 heavy (non-hydrogen) atoms. The van der Waals surface area contributed by atoms with Gasteiger partial charge in [0.2, 0.25) is 0 Å². The van der Waals surface area contributed by atoms with Gasteiger partial charge in [-0.15, -0.1) is 0 Å². The predicted molar refractivity (Wildman–Crippen MR) is 99.1 cm³/mol. The van der Waals surface area contributed by atoms with Crippen molar-refractivity contribution < 1.29 is 14.3 Å². The minimum Gasteiger partial charge on any atom is -0.452 e. The van der Waals surface area contributed by atoms with Gasteiger partial charge in [-0.25, -0.2) is 4.79 Å². The van der Waals surface area contributed by atoms with E-state index < -0.39 is 5.97 Å². The number of amides is 1. The lowest BCUT2D eigenvalue weighted by Gasteiger charge is -2.25. The van der Waals surface area contributed by atoms with Crippen molar-refractivity contribution in [1.82, 2.24) is 4.90 Å². The maximum Gasteiger partial charge on any atom is 0.331 e. The number of ether oxygens (including phenoxy) is 1. The van der Waals surface area contributed by atoms with Gasteiger partial charge in [-0.2, -0.15) is 0 Å². The van der Waals surface area contributed by atoms with Gasteiger partial charge in [0.15, 0.2) is 6.61 Å². The Morgan fingerprint density at radius 3 is 2.40 bits per heavy atom. The third-order valence-corrected chi connectivity index (χ3v) is 4.13. The van der Waals surface area contributed by atoms with Crippen LogP contribution in [-0.4, -0.2) is 30.4 Å². The quantitative estimate of drug-likeness (QED) is 0.577. The van der Waals surface area contributed by atoms with E-state index >= 15 is 0 Å². The van der Waals surface area contributed by atoms with Crippen LogP contribution in [0.4, 0.5) is 0 Å². The minimum atomic E-state index is -0.566. The average molecular weight is 358 g/mol. The van der Waals surface area contributed by atoms with Gasteiger partial charge in [-0.05, 0) is 36.3 Å². The number of benzene rings is 2. The Morgan fingerprint density at radius 2 is 1.76 bits per heavy atom. The molecular weight excluding hydrogens is 338 g/mol. The molecule has 0 N–H and O–H groups in total. The third-order valence-electron chi connectivity index (χ3n) is 3.88. The summed E-state index contributed by atoms with van der Waals surface area (Å²) < 4.78 is 5.01. The molecule has 2 rings (SSSR count). The van der Waals surface area contributed by atoms with Crippen molar-refractivity contribution in [3.63, 3.8) is 0 Å². The molecule has 5 heteroatoms. The number of hydrogen-bond acceptors (Lipinski definition) is 3. The van der Waals surface area contributed by atoms with Crippen LogP contribution in [0, 0.1) is 0 Å². The smallest absolute Gasteiger partial charge is 0.331 e. The van der Waals surface area contributed by atoms with Crippen molar-refractivity contribution in [2.24, 2.45) is 0 Å². The number of likely N-dealkylation sites (N-methyl/N-ethyl adjacent to an activating group) is 1. The fourth-order valence-corrected chi connectivity index (χ4v) is 2.32. The molecule has 0 aliphatic carbocycles. The van der Waals surface area contributed by atoms with E-state index in [2.05, 4.69) is 0 Å². The SMILES string of the molecule is CC(c1ccccc1)N(C)C(=O)COC(=O)/C=C/c1ccc(Cl)cc1. The van der Waals surface area contributed by atoms with Crippen LogP contribution < -0.4 is 0 Å². The highest BCUT2D eigenvalue weighted by atomic mass is 35.5. The van der Waals surface area contributed by atoms with Crippen LogP contribution >= 0.6 is 11.6 Å². The normalized spacial score (nSPS) is 12.0. The number of rotatable bonds is 6. The molecule has 2 aromatic carbocycles. The topological polar surface area (TPSA) is 46.6 Å². The summed E-state index contributed by atoms with van der Waals surface area (Å²) in [6.07, 6.45) is 2.90. The fraction of sp³-hybridized carbons (Fsp3) is 0.200. The summed E-state index contributed by atoms with van der Waals surface area (Å²) in [7, 11) is 1.69. The summed E-state index contributed by atoms with van der Waals surface area (Å²) in [5, 5.41) is 0.626. The Morgan fingerprint density at radius 1 is 1.12 bits per heavy atom. The van der Waals surface area contributed by atoms with Gasteiger partial charge in [0.25, 0.3) is 5.91 Å². The number of esters is 1. The summed E-state index contributed by atoms with van der Waals surface area (Å²) >= 11 is 5.80. The molecule has 0 bridgehead atoms. The summed E-state index contributed by atoms with van der Waals surface area (Å²) in [6, 6.07) is 16.6. The number of carbonyl (C=O) groups is 2. The summed E-state index contributed by atoms with van der Waals surface area (Å²) in [6.45, 7) is 1.63. The number of carbonyl (C=O) groups excluding carboxylic acids is 2. The Kier molecular flexibility index (Phi) is 6.78. The molecule has 0 aliphatic heterocycles. The molecule has 4 nitrogen and oxygen atoms in total. The zero-order valence-electron chi connectivity index (χ0n) is 14.2. The van der Waals surface area contributed by atoms with E-state index in [0.717, 1.165) is 11.1 Å². The molecule has 0 saturated carbocycles. The summed E-state index contributed by atoms with van der Waals surface area (Å²) in [5.41, 5.74) is 1.84. The van der Waals surface area contributed by atoms with Crippen molar-refractivity contribution in [3.05, 3.63) is 76.8 Å². The molecule has 0 saturated heterocycles. The third kappa shape index (κ3) is 5.76. The molecule has 1 unspecified atom stereocenters. The lowest BCUT2D eigenvalue weighted by Crippen LogP contribution is -2.33. The highest BCUT2D eigenvalue weighted by Gasteiger charge is 2.18. The Labute approximate surface area is 152 Å². The second kappa shape index (κ2) is 9.04. The predicted octanol–water partition coefficient (Wildman–Crippen LogP) is 4.12. The molecule has 0 aliphatic rings. The van der Waals surface area contributed by atoms with Crippen molar-refractivity contribution in [3.8, 4) is 0 Å². The molecule has 0 spiro atoms. The molecular formula is C20H20ClNO3. The monoisotopic (exact) mass is 357 g/mol. The number of halogens is 1. The highest BCUT2D eigenvalue weighted by Crippen LogP contribution is 2.18. The van der Waals surface area contributed by atoms with Crippen LogP contribution in [0.5, 0.6) is 0 Å². The van der Waals surface area contributed by atoms with Gasteiger partial charge in [0.05, 0.1) is 6.04 Å². The average Bonchev–Trinajstić information content (AvgIpc) is 2.65. The molecule has 0 heterocycles. The van der Waals surface area contributed by atoms with E-state index in [4.69, 9.17) is 16.3 Å². The van der Waals surface area contributed by atoms with Gasteiger partial charge < -0.3 is 9.64 Å². The van der Waals surface area contributed by atoms with Crippen molar-refractivity contribution >= 4 is 29.6 Å². The molecule has 0 aromatic heterocycles. The first kappa shape index (κ1) is 18.7. The van der Waals surface area contributed by atoms with Crippen molar-refractivity contribution in [2.45, 2.75) is 13.0 Å². The van der Waals surface area contributed by atoms with E-state index in [9.17, 15) is 9.59 Å². The Balaban J connectivity index is 1.84. The van der Waals surface area contributed by atoms with E-state index in [1.54, 1.807) is 42.3 Å². The standard InChI is InChI=1S/C20H20ClNO3/c1-15(17-6-4-3-5-7-17)22(2)19(23)14-25-20(24)13-10-16-8-11-18(21)12-9-16/h3-13,15H,14H2,1-2H3/b13-10+. The van der Waals surface area contributed by atoms with Crippen molar-refractivity contribution in [2.75, 3.05) is 13.7 Å². The fourth-order valence-electron chi connectivity index (χ4n) is 2.19. The van der Waals surface area contributed by atoms with E-state index in [-0.39, 0.29) is 18.6 Å². The van der Waals surface area contributed by atoms with Crippen LogP contribution in [0.25, 0.3) is 6.08 Å². The maximum absolute atomic E-state index is 12.2. The summed E-state index contributed by atoms with van der Waals surface area (Å²) in [4.78, 5) is 25.5. The van der Waals surface area contributed by atoms with Crippen LogP contribution in [0.1, 0.15) is 24.1 Å². The largest absolute Gasteiger partial charge is 0.452 e. The minimum absolute atomic E-state index is 0.1000. The first-order valence-corrected chi connectivity index (χ1v) is 8.26. The zero-order valence-corrected chi connectivity index (χ0v) is 14.9. The van der Waals surface area contributed by atoms with Crippen LogP contribution in [0.3, 0.4) is 0 Å². The lowest BCUT2D eigenvalue weighted by molar-refractivity contribution is -0.148. The molecule has 2 aromatic rings. The van der Waals surface area contributed by atoms with E-state index in [0.29, 0.717) is 5.02 Å². The maximum atomic E-state index is 12.2. The zero-order chi connectivity index (χ0) is 18.2.